The van der Waals surface area contributed by atoms with Crippen molar-refractivity contribution < 1.29 is 44.1 Å². The number of aryl methyl sites for hydroxylation is 1. The van der Waals surface area contributed by atoms with Gasteiger partial charge in [0.2, 0.25) is 0 Å². The average molecular weight is 614 g/mol. The molecule has 0 saturated heterocycles. The third-order valence-corrected chi connectivity index (χ3v) is 5.06. The smallest absolute Gasteiger partial charge is 0.195 e. The van der Waals surface area contributed by atoms with Crippen LogP contribution in [0.3, 0.4) is 0 Å². The van der Waals surface area contributed by atoms with Gasteiger partial charge in [0, 0.05) is 71.8 Å². The molecule has 4 aromatic rings. The summed E-state index contributed by atoms with van der Waals surface area (Å²) in [7, 11) is 0. The topological polar surface area (TPSA) is 90.3 Å². The minimum absolute atomic E-state index is 0. The molecule has 29 heavy (non-hydrogen) atoms. The maximum atomic E-state index is 7.65. The van der Waals surface area contributed by atoms with Gasteiger partial charge in [0.1, 0.15) is 5.82 Å². The minimum Gasteiger partial charge on any atom is -0.699 e. The second kappa shape index (κ2) is 9.75. The van der Waals surface area contributed by atoms with Crippen LogP contribution in [0.2, 0.25) is 0 Å². The van der Waals surface area contributed by atoms with E-state index in [2.05, 4.69) is 15.5 Å². The number of hydrogen-bond acceptors (Lipinski definition) is 5. The summed E-state index contributed by atoms with van der Waals surface area (Å²) in [6, 6.07) is 19.4. The standard InChI is InChI=1S/C21H19N6S.Ac/c1-13-12-18(27-26-13)23-20-14(2)19(15-6-4-3-5-7-15)24-21(25-20)28-17-10-8-16(22)9-11-17;/h3-12,22H,1-2H3,(H2,23,24,25,26,27);/q-1;. The van der Waals surface area contributed by atoms with Crippen molar-refractivity contribution in [2.24, 2.45) is 0 Å². The molecule has 0 bridgehead atoms. The first-order chi connectivity index (χ1) is 13.6. The zero-order valence-electron chi connectivity index (χ0n) is 16.1. The van der Waals surface area contributed by atoms with Crippen molar-refractivity contribution in [3.63, 3.8) is 0 Å². The van der Waals surface area contributed by atoms with E-state index in [1.165, 1.54) is 11.8 Å². The van der Waals surface area contributed by atoms with Crippen LogP contribution in [0.4, 0.5) is 17.3 Å². The van der Waals surface area contributed by atoms with Gasteiger partial charge in [0.15, 0.2) is 11.0 Å². The first-order valence-electron chi connectivity index (χ1n) is 8.81. The van der Waals surface area contributed by atoms with E-state index in [4.69, 9.17) is 15.7 Å². The molecule has 0 amide bonds. The number of anilines is 2. The van der Waals surface area contributed by atoms with Crippen molar-refractivity contribution in [2.45, 2.75) is 23.9 Å². The predicted molar refractivity (Wildman–Crippen MR) is 113 cm³/mol. The van der Waals surface area contributed by atoms with Gasteiger partial charge in [-0.15, -0.1) is 5.69 Å². The summed E-state index contributed by atoms with van der Waals surface area (Å²) in [5.74, 6) is 1.44. The fourth-order valence-corrected chi connectivity index (χ4v) is 3.53. The van der Waals surface area contributed by atoms with Gasteiger partial charge in [-0.3, -0.25) is 5.10 Å². The monoisotopic (exact) mass is 614 g/mol. The average Bonchev–Trinajstić information content (AvgIpc) is 3.11. The Morgan fingerprint density at radius 2 is 1.69 bits per heavy atom. The molecular formula is C21H19AcN6S-. The normalized spacial score (nSPS) is 10.4. The number of rotatable bonds is 5. The van der Waals surface area contributed by atoms with E-state index in [0.29, 0.717) is 16.7 Å². The number of H-pyrrole nitrogens is 1. The number of aromatic amines is 1. The summed E-state index contributed by atoms with van der Waals surface area (Å²) in [6.45, 7) is 3.96. The molecule has 0 aliphatic heterocycles. The molecule has 6 nitrogen and oxygen atoms in total. The molecule has 0 atom stereocenters. The van der Waals surface area contributed by atoms with Crippen LogP contribution >= 0.6 is 11.8 Å². The van der Waals surface area contributed by atoms with Gasteiger partial charge in [0.25, 0.3) is 0 Å². The molecule has 143 valence electrons. The van der Waals surface area contributed by atoms with Crippen LogP contribution in [0.15, 0.2) is 70.7 Å². The van der Waals surface area contributed by atoms with E-state index in [9.17, 15) is 0 Å². The van der Waals surface area contributed by atoms with Crippen molar-refractivity contribution >= 4 is 29.1 Å². The number of benzene rings is 2. The Labute approximate surface area is 209 Å². The number of nitrogens with zero attached hydrogens (tertiary/aromatic N) is 3. The molecular weight excluding hydrogens is 595 g/mol. The molecule has 0 aliphatic carbocycles. The van der Waals surface area contributed by atoms with Gasteiger partial charge in [-0.05, 0) is 37.7 Å². The van der Waals surface area contributed by atoms with E-state index in [-0.39, 0.29) is 44.1 Å². The Hall–Kier alpha value is -1.88. The van der Waals surface area contributed by atoms with E-state index in [0.717, 1.165) is 33.2 Å². The number of aromatic nitrogens is 4. The molecule has 1 radical (unpaired) electrons. The second-order valence-electron chi connectivity index (χ2n) is 6.38. The van der Waals surface area contributed by atoms with Crippen LogP contribution in [0.25, 0.3) is 17.0 Å². The van der Waals surface area contributed by atoms with Gasteiger partial charge in [-0.25, -0.2) is 9.97 Å². The molecule has 0 spiro atoms. The molecule has 2 aromatic carbocycles. The largest absolute Gasteiger partial charge is 0.699 e. The molecule has 2 aromatic heterocycles. The Kier molecular flexibility index (Phi) is 7.34. The van der Waals surface area contributed by atoms with Crippen molar-refractivity contribution in [1.82, 2.24) is 20.2 Å². The molecule has 2 heterocycles. The van der Waals surface area contributed by atoms with Crippen LogP contribution in [-0.2, 0) is 0 Å². The Bertz CT molecular complexity index is 1100. The first-order valence-corrected chi connectivity index (χ1v) is 9.63. The Morgan fingerprint density at radius 1 is 0.966 bits per heavy atom. The third-order valence-electron chi connectivity index (χ3n) is 4.19. The van der Waals surface area contributed by atoms with Crippen molar-refractivity contribution in [2.75, 3.05) is 5.32 Å². The molecule has 0 fully saturated rings. The van der Waals surface area contributed by atoms with Crippen LogP contribution in [-0.4, -0.2) is 20.2 Å². The van der Waals surface area contributed by atoms with E-state index < -0.39 is 0 Å². The van der Waals surface area contributed by atoms with Gasteiger partial charge >= 0.3 is 0 Å². The van der Waals surface area contributed by atoms with Gasteiger partial charge in [0.05, 0.1) is 5.69 Å². The quantitative estimate of drug-likeness (QED) is 0.267. The molecule has 0 saturated carbocycles. The molecule has 0 unspecified atom stereocenters. The van der Waals surface area contributed by atoms with Crippen molar-refractivity contribution in [1.29, 1.82) is 0 Å². The number of nitrogens with one attached hydrogen (secondary N) is 3. The van der Waals surface area contributed by atoms with Gasteiger partial charge < -0.3 is 11.1 Å². The van der Waals surface area contributed by atoms with Gasteiger partial charge in [-0.1, -0.05) is 42.5 Å². The van der Waals surface area contributed by atoms with Gasteiger partial charge in [-0.2, -0.15) is 5.10 Å². The van der Waals surface area contributed by atoms with Crippen LogP contribution in [0, 0.1) is 57.9 Å². The zero-order valence-corrected chi connectivity index (χ0v) is 21.7. The fraction of sp³-hybridized carbons (Fsp3) is 0.0952. The maximum absolute atomic E-state index is 7.65. The van der Waals surface area contributed by atoms with E-state index in [1.807, 2.05) is 62.4 Å². The van der Waals surface area contributed by atoms with Crippen molar-refractivity contribution in [3.05, 3.63) is 77.7 Å². The second-order valence-corrected chi connectivity index (χ2v) is 7.42. The summed E-state index contributed by atoms with van der Waals surface area (Å²) in [4.78, 5) is 10.5. The molecule has 8 heteroatoms. The van der Waals surface area contributed by atoms with Crippen LogP contribution < -0.4 is 5.32 Å². The molecule has 3 N–H and O–H groups in total. The summed E-state index contributed by atoms with van der Waals surface area (Å²) >= 11 is 1.47. The first kappa shape index (κ1) is 21.8. The fourth-order valence-electron chi connectivity index (χ4n) is 2.77. The van der Waals surface area contributed by atoms with E-state index in [1.54, 1.807) is 12.1 Å². The Morgan fingerprint density at radius 3 is 2.34 bits per heavy atom. The molecule has 0 aliphatic rings. The molecule has 4 rings (SSSR count). The maximum Gasteiger partial charge on any atom is 0.195 e. The number of hydrogen-bond donors (Lipinski definition) is 2. The van der Waals surface area contributed by atoms with Crippen molar-refractivity contribution in [3.8, 4) is 11.3 Å². The zero-order chi connectivity index (χ0) is 19.5. The predicted octanol–water partition coefficient (Wildman–Crippen LogP) is 6.06. The third kappa shape index (κ3) is 5.39. The summed E-state index contributed by atoms with van der Waals surface area (Å²) in [5.41, 5.74) is 12.0. The van der Waals surface area contributed by atoms with Crippen LogP contribution in [0.5, 0.6) is 0 Å². The summed E-state index contributed by atoms with van der Waals surface area (Å²) < 4.78 is 0. The summed E-state index contributed by atoms with van der Waals surface area (Å²) in [6.07, 6.45) is 0. The Balaban J connectivity index is 0.00000240. The van der Waals surface area contributed by atoms with Crippen LogP contribution in [0.1, 0.15) is 11.3 Å². The minimum atomic E-state index is 0. The summed E-state index contributed by atoms with van der Waals surface area (Å²) in [5, 5.41) is 11.1. The van der Waals surface area contributed by atoms with E-state index >= 15 is 0 Å². The SMILES string of the molecule is Cc1cc(Nc2nc(Sc3ccc([NH-])cc3)nc(-c3ccccc3)c2C)n[nH]1.[Ac].